The van der Waals surface area contributed by atoms with Gasteiger partial charge in [-0.25, -0.2) is 28.9 Å². The number of esters is 2. The van der Waals surface area contributed by atoms with Gasteiger partial charge in [-0.3, -0.25) is 9.59 Å². The van der Waals surface area contributed by atoms with Crippen molar-refractivity contribution in [1.29, 1.82) is 0 Å². The molecule has 1 aromatic carbocycles. The van der Waals surface area contributed by atoms with Crippen LogP contribution in [0.2, 0.25) is 0 Å². The van der Waals surface area contributed by atoms with E-state index in [-0.39, 0.29) is 51.3 Å². The number of carbonyl (C=O) groups excluding carboxylic acids is 4. The average Bonchev–Trinajstić information content (AvgIpc) is 4.13. The second kappa shape index (κ2) is 25.3. The van der Waals surface area contributed by atoms with Crippen LogP contribution < -0.4 is 11.5 Å². The van der Waals surface area contributed by atoms with Crippen LogP contribution in [0, 0.1) is 0 Å². The summed E-state index contributed by atoms with van der Waals surface area (Å²) in [5.41, 5.74) is 11.2. The van der Waals surface area contributed by atoms with Gasteiger partial charge < -0.3 is 78.5 Å². The van der Waals surface area contributed by atoms with Crippen molar-refractivity contribution >= 4 is 23.8 Å². The molecule has 5 heterocycles. The Morgan fingerprint density at radius 1 is 0.619 bits per heavy atom. The largest absolute Gasteiger partial charge is 0.461 e. The van der Waals surface area contributed by atoms with Gasteiger partial charge in [0.05, 0.1) is 52.9 Å². The van der Waals surface area contributed by atoms with Crippen molar-refractivity contribution in [3.8, 4) is 0 Å². The Morgan fingerprint density at radius 2 is 1.10 bits per heavy atom. The van der Waals surface area contributed by atoms with E-state index in [1.54, 1.807) is 14.2 Å². The smallest absolute Gasteiger partial charge is 0.332 e. The number of nitrogens with zero attached hydrogens (tertiary/aromatic N) is 6. The molecule has 2 aromatic heterocycles. The zero-order valence-electron chi connectivity index (χ0n) is 34.5. The molecule has 3 aromatic rings. The summed E-state index contributed by atoms with van der Waals surface area (Å²) in [6.07, 6.45) is -5.56. The van der Waals surface area contributed by atoms with Crippen molar-refractivity contribution in [1.82, 2.24) is 29.5 Å². The number of aliphatic hydroxyl groups excluding tert-OH is 2. The van der Waals surface area contributed by atoms with Crippen LogP contribution in [0.1, 0.15) is 45.5 Å². The molecule has 6 rings (SSSR count). The zero-order valence-corrected chi connectivity index (χ0v) is 34.5. The Bertz CT molecular complexity index is 1870. The fourth-order valence-electron chi connectivity index (χ4n) is 6.02. The van der Waals surface area contributed by atoms with Crippen molar-refractivity contribution < 1.29 is 86.2 Å². The number of hydrogen-bond donors (Lipinski definition) is 4. The van der Waals surface area contributed by atoms with Crippen molar-refractivity contribution in [2.75, 3.05) is 93.5 Å². The molecule has 0 aliphatic carbocycles. The Morgan fingerprint density at radius 3 is 1.62 bits per heavy atom. The second-order valence-electron chi connectivity index (χ2n) is 13.6. The van der Waals surface area contributed by atoms with Gasteiger partial charge >= 0.3 is 11.9 Å². The molecule has 63 heavy (non-hydrogen) atoms. The Kier molecular flexibility index (Phi) is 19.6. The number of aliphatic hydroxyl groups is 2. The zero-order chi connectivity index (χ0) is 45.1. The molecule has 2 amide bonds. The van der Waals surface area contributed by atoms with Gasteiger partial charge in [0.15, 0.2) is 18.7 Å². The van der Waals surface area contributed by atoms with E-state index in [0.29, 0.717) is 39.6 Å². The van der Waals surface area contributed by atoms with Crippen molar-refractivity contribution in [2.24, 2.45) is 11.5 Å². The maximum atomic E-state index is 12.1. The van der Waals surface area contributed by atoms with Gasteiger partial charge in [0.2, 0.25) is 11.6 Å². The predicted octanol–water partition coefficient (Wildman–Crippen LogP) is -2.80. The molecule has 3 unspecified atom stereocenters. The topological polar surface area (TPSA) is 333 Å². The third-order valence-corrected chi connectivity index (χ3v) is 9.10. The lowest BCUT2D eigenvalue weighted by atomic mass is 10.1. The van der Waals surface area contributed by atoms with E-state index in [9.17, 15) is 29.4 Å². The molecule has 3 aliphatic rings. The third-order valence-electron chi connectivity index (χ3n) is 9.10. The summed E-state index contributed by atoms with van der Waals surface area (Å²) in [4.78, 5) is 53.8. The average molecular weight is 897 g/mol. The molecule has 348 valence electrons. The number of nitrogens with two attached hydrogens (primary N) is 2. The van der Waals surface area contributed by atoms with Crippen LogP contribution in [0.3, 0.4) is 0 Å². The number of aromatic nitrogens is 6. The standard InChI is InChI=1S/C22H28N4O9.C15H24N4O9/c1-29-7-8-30-9-10-31-12-16(27)32-11-15-17-18(35-22(34-17)14-5-3-2-4-6-14)21(33-15)26-13-24-20(25-26)19(23)28;1-24-2-3-25-4-5-26-7-10(20)27-6-9-11(21)12(22)15(28-9)19-8-17-14(18-19)13(16)23/h2-6,13,15,17-18,21-22H,7-12H2,1H3,(H2,23,28);8-9,11-12,15,21-22H,2-7H2,1H3,(H2,16,23)/t15-,17?,18?,21-,22?;9-,11-,12-,15-/m11/s1. The van der Waals surface area contributed by atoms with E-state index in [1.165, 1.54) is 11.0 Å². The third kappa shape index (κ3) is 14.5. The van der Waals surface area contributed by atoms with E-state index in [1.807, 2.05) is 30.3 Å². The highest BCUT2D eigenvalue weighted by Crippen LogP contribution is 2.44. The molecular weight excluding hydrogens is 844 g/mol. The Balaban J connectivity index is 0.000000244. The number of primary amides is 2. The van der Waals surface area contributed by atoms with E-state index in [2.05, 4.69) is 20.2 Å². The summed E-state index contributed by atoms with van der Waals surface area (Å²) >= 11 is 0. The van der Waals surface area contributed by atoms with Crippen LogP contribution in [0.4, 0.5) is 0 Å². The number of carbonyl (C=O) groups is 4. The summed E-state index contributed by atoms with van der Waals surface area (Å²) in [6, 6.07) is 9.41. The number of rotatable bonds is 25. The highest BCUT2D eigenvalue weighted by molar-refractivity contribution is 5.88. The highest BCUT2D eigenvalue weighted by Gasteiger charge is 2.54. The minimum absolute atomic E-state index is 0.0908. The lowest BCUT2D eigenvalue weighted by Gasteiger charge is -2.20. The van der Waals surface area contributed by atoms with E-state index in [0.717, 1.165) is 16.6 Å². The molecule has 6 N–H and O–H groups in total. The molecular formula is C37H52N8O18. The van der Waals surface area contributed by atoms with E-state index in [4.69, 9.17) is 68.3 Å². The maximum absolute atomic E-state index is 12.1. The van der Waals surface area contributed by atoms with Gasteiger partial charge in [-0.2, -0.15) is 0 Å². The summed E-state index contributed by atoms with van der Waals surface area (Å²) in [5, 5.41) is 28.0. The van der Waals surface area contributed by atoms with Gasteiger partial charge in [0, 0.05) is 19.8 Å². The van der Waals surface area contributed by atoms with Crippen molar-refractivity contribution in [3.05, 3.63) is 60.2 Å². The Hall–Kier alpha value is -5.10. The molecule has 0 bridgehead atoms. The van der Waals surface area contributed by atoms with Crippen LogP contribution in [0.15, 0.2) is 43.0 Å². The van der Waals surface area contributed by atoms with Crippen LogP contribution >= 0.6 is 0 Å². The van der Waals surface area contributed by atoms with Crippen molar-refractivity contribution in [3.63, 3.8) is 0 Å². The van der Waals surface area contributed by atoms with E-state index < -0.39 is 79.1 Å². The molecule has 0 radical (unpaired) electrons. The fraction of sp³-hybridized carbons (Fsp3) is 0.622. The summed E-state index contributed by atoms with van der Waals surface area (Å²) in [7, 11) is 3.15. The molecule has 0 spiro atoms. The summed E-state index contributed by atoms with van der Waals surface area (Å²) in [5.74, 6) is -3.24. The lowest BCUT2D eigenvalue weighted by molar-refractivity contribution is -0.171. The molecule has 26 heteroatoms. The molecule has 3 fully saturated rings. The molecule has 3 aliphatic heterocycles. The molecule has 9 atom stereocenters. The Labute approximate surface area is 359 Å². The minimum Gasteiger partial charge on any atom is -0.461 e. The molecule has 26 nitrogen and oxygen atoms in total. The quantitative estimate of drug-likeness (QED) is 0.0493. The van der Waals surface area contributed by atoms with Crippen LogP contribution in [-0.4, -0.2) is 194 Å². The van der Waals surface area contributed by atoms with Crippen LogP contribution in [0.5, 0.6) is 0 Å². The SMILES string of the molecule is COCCOCCOCC(=O)OC[C@H]1O[C@@H](n2cnc(C(N)=O)n2)C2OC(c3ccccc3)OC21.COCCOCCOCC(=O)OC[C@H]1O[C@@H](n2cnc(C(N)=O)n2)[C@H](O)[C@@H]1O. The monoisotopic (exact) mass is 896 g/mol. The van der Waals surface area contributed by atoms with Crippen LogP contribution in [-0.2, 0) is 66.4 Å². The van der Waals surface area contributed by atoms with Gasteiger partial charge in [-0.1, -0.05) is 30.3 Å². The fourth-order valence-corrected chi connectivity index (χ4v) is 6.02. The molecule has 3 saturated heterocycles. The minimum atomic E-state index is -1.37. The number of benzene rings is 1. The van der Waals surface area contributed by atoms with Gasteiger partial charge in [-0.15, -0.1) is 10.2 Å². The second-order valence-corrected chi connectivity index (χ2v) is 13.6. The van der Waals surface area contributed by atoms with Gasteiger partial charge in [-0.05, 0) is 0 Å². The lowest BCUT2D eigenvalue weighted by Crippen LogP contribution is -2.34. The molecule has 0 saturated carbocycles. The number of hydrogen-bond acceptors (Lipinski definition) is 22. The summed E-state index contributed by atoms with van der Waals surface area (Å²) in [6.45, 7) is 2.01. The predicted molar refractivity (Wildman–Crippen MR) is 205 cm³/mol. The first-order valence-electron chi connectivity index (χ1n) is 19.6. The number of fused-ring (bicyclic) bond motifs is 1. The normalized spacial score (nSPS) is 25.0. The summed E-state index contributed by atoms with van der Waals surface area (Å²) < 4.78 is 66.9. The maximum Gasteiger partial charge on any atom is 0.332 e. The van der Waals surface area contributed by atoms with Crippen LogP contribution in [0.25, 0.3) is 0 Å². The number of amides is 2. The first-order valence-corrected chi connectivity index (χ1v) is 19.6. The van der Waals surface area contributed by atoms with Gasteiger partial charge in [0.1, 0.15) is 75.7 Å². The first kappa shape index (κ1) is 48.9. The van der Waals surface area contributed by atoms with Gasteiger partial charge in [0.25, 0.3) is 11.8 Å². The van der Waals surface area contributed by atoms with Crippen molar-refractivity contribution in [2.45, 2.75) is 55.4 Å². The number of ether oxygens (including phenoxy) is 12. The van der Waals surface area contributed by atoms with E-state index >= 15 is 0 Å². The highest BCUT2D eigenvalue weighted by atomic mass is 16.8. The first-order chi connectivity index (χ1) is 30.5. The number of methoxy groups -OCH3 is 2.